The number of guanidine groups is 1. The molecule has 7 heteroatoms. The second-order valence-electron chi connectivity index (χ2n) is 7.28. The molecule has 0 aliphatic carbocycles. The summed E-state index contributed by atoms with van der Waals surface area (Å²) in [6.07, 6.45) is 1.69. The number of thiazole rings is 1. The van der Waals surface area contributed by atoms with Crippen molar-refractivity contribution < 1.29 is 4.74 Å². The Morgan fingerprint density at radius 1 is 1.38 bits per heavy atom. The Morgan fingerprint density at radius 2 is 2.15 bits per heavy atom. The molecule has 0 saturated carbocycles. The van der Waals surface area contributed by atoms with E-state index in [1.165, 1.54) is 0 Å². The van der Waals surface area contributed by atoms with Gasteiger partial charge in [0, 0.05) is 35.7 Å². The summed E-state index contributed by atoms with van der Waals surface area (Å²) in [5, 5.41) is 6.60. The second-order valence-corrected chi connectivity index (χ2v) is 8.14. The number of para-hydroxylation sites is 1. The van der Waals surface area contributed by atoms with Gasteiger partial charge in [-0.1, -0.05) is 39.0 Å². The molecule has 0 saturated heterocycles. The lowest BCUT2D eigenvalue weighted by molar-refractivity contribution is 0.262. The molecule has 5 nitrogen and oxygen atoms in total. The van der Waals surface area contributed by atoms with Gasteiger partial charge in [0.1, 0.15) is 5.75 Å². The zero-order valence-electron chi connectivity index (χ0n) is 15.5. The van der Waals surface area contributed by atoms with Gasteiger partial charge in [-0.05, 0) is 6.07 Å². The first kappa shape index (κ1) is 21.0. The molecule has 0 radical (unpaired) electrons. The Balaban J connectivity index is 0.00000243. The van der Waals surface area contributed by atoms with Crippen molar-refractivity contribution in [1.82, 2.24) is 10.3 Å². The number of halogens is 1. The predicted molar refractivity (Wildman–Crippen MR) is 119 cm³/mol. The summed E-state index contributed by atoms with van der Waals surface area (Å²) in [4.78, 5) is 9.16. The summed E-state index contributed by atoms with van der Waals surface area (Å²) in [6, 6.07) is 8.22. The summed E-state index contributed by atoms with van der Waals surface area (Å²) in [5.74, 6) is 1.41. The van der Waals surface area contributed by atoms with Crippen LogP contribution in [0.5, 0.6) is 5.75 Å². The Bertz CT molecular complexity index is 754. The number of nitrogens with two attached hydrogens (primary N) is 1. The first-order valence-electron chi connectivity index (χ1n) is 8.66. The minimum absolute atomic E-state index is 0. The number of fused-ring (bicyclic) bond motifs is 1. The molecule has 1 aliphatic rings. The molecule has 2 aromatic rings. The number of ether oxygens (including phenoxy) is 1. The fraction of sp³-hybridized carbons (Fsp3) is 0.474. The lowest BCUT2D eigenvalue weighted by atomic mass is 9.98. The third kappa shape index (κ3) is 5.33. The highest BCUT2D eigenvalue weighted by atomic mass is 127. The third-order valence-corrected chi connectivity index (χ3v) is 5.44. The largest absolute Gasteiger partial charge is 0.493 e. The average molecular weight is 486 g/mol. The molecule has 26 heavy (non-hydrogen) atoms. The molecule has 0 fully saturated rings. The summed E-state index contributed by atoms with van der Waals surface area (Å²) in [5.41, 5.74) is 8.41. The fourth-order valence-corrected chi connectivity index (χ4v) is 3.72. The maximum atomic E-state index is 6.08. The lowest BCUT2D eigenvalue weighted by Crippen LogP contribution is -2.37. The van der Waals surface area contributed by atoms with Gasteiger partial charge < -0.3 is 15.8 Å². The summed E-state index contributed by atoms with van der Waals surface area (Å²) < 4.78 is 5.68. The van der Waals surface area contributed by atoms with Gasteiger partial charge in [-0.3, -0.25) is 4.99 Å². The standard InChI is InChI=1S/C19H26N4OS.HI/c1-19(2,3)17-22-13(12-25-17)8-10-21-18(20)23-15-9-11-24-16-7-5-4-6-14(15)16;/h4-7,12,15H,8-11H2,1-3H3,(H3,20,21,23);1H. The van der Waals surface area contributed by atoms with E-state index in [4.69, 9.17) is 15.5 Å². The zero-order chi connectivity index (χ0) is 17.9. The van der Waals surface area contributed by atoms with Gasteiger partial charge in [-0.2, -0.15) is 0 Å². The van der Waals surface area contributed by atoms with Crippen LogP contribution in [0.2, 0.25) is 0 Å². The topological polar surface area (TPSA) is 72.5 Å². The molecule has 142 valence electrons. The van der Waals surface area contributed by atoms with E-state index in [2.05, 4.69) is 42.5 Å². The number of aliphatic imine (C=N–C) groups is 1. The zero-order valence-corrected chi connectivity index (χ0v) is 18.6. The molecule has 0 amide bonds. The number of nitrogens with one attached hydrogen (secondary N) is 1. The first-order chi connectivity index (χ1) is 11.9. The lowest BCUT2D eigenvalue weighted by Gasteiger charge is -2.26. The van der Waals surface area contributed by atoms with Crippen molar-refractivity contribution in [2.75, 3.05) is 13.2 Å². The smallest absolute Gasteiger partial charge is 0.189 e. The van der Waals surface area contributed by atoms with Crippen molar-refractivity contribution in [2.24, 2.45) is 10.7 Å². The van der Waals surface area contributed by atoms with Crippen LogP contribution in [-0.2, 0) is 11.8 Å². The summed E-state index contributed by atoms with van der Waals surface area (Å²) in [6.45, 7) is 7.87. The van der Waals surface area contributed by atoms with Gasteiger partial charge in [-0.15, -0.1) is 35.3 Å². The van der Waals surface area contributed by atoms with Gasteiger partial charge >= 0.3 is 0 Å². The van der Waals surface area contributed by atoms with Crippen molar-refractivity contribution in [3.05, 3.63) is 45.9 Å². The SMILES string of the molecule is CC(C)(C)c1nc(CCN=C(N)NC2CCOc3ccccc32)cs1.I. The van der Waals surface area contributed by atoms with E-state index >= 15 is 0 Å². The number of aromatic nitrogens is 1. The quantitative estimate of drug-likeness (QED) is 0.389. The minimum atomic E-state index is 0. The minimum Gasteiger partial charge on any atom is -0.493 e. The van der Waals surface area contributed by atoms with E-state index in [0.717, 1.165) is 34.9 Å². The molecular weight excluding hydrogens is 459 g/mol. The van der Waals surface area contributed by atoms with Crippen LogP contribution < -0.4 is 15.8 Å². The molecule has 1 unspecified atom stereocenters. The Labute approximate surface area is 176 Å². The first-order valence-corrected chi connectivity index (χ1v) is 9.54. The summed E-state index contributed by atoms with van der Waals surface area (Å²) in [7, 11) is 0. The summed E-state index contributed by atoms with van der Waals surface area (Å²) >= 11 is 1.72. The molecule has 1 atom stereocenters. The molecular formula is C19H27IN4OS. The van der Waals surface area contributed by atoms with E-state index in [1.807, 2.05) is 18.2 Å². The van der Waals surface area contributed by atoms with Crippen LogP contribution >= 0.6 is 35.3 Å². The molecule has 3 N–H and O–H groups in total. The molecule has 1 aromatic heterocycles. The van der Waals surface area contributed by atoms with Crippen molar-refractivity contribution in [1.29, 1.82) is 0 Å². The highest BCUT2D eigenvalue weighted by Crippen LogP contribution is 2.31. The maximum Gasteiger partial charge on any atom is 0.189 e. The Morgan fingerprint density at radius 3 is 2.88 bits per heavy atom. The van der Waals surface area contributed by atoms with Crippen LogP contribution in [0.3, 0.4) is 0 Å². The van der Waals surface area contributed by atoms with Crippen molar-refractivity contribution in [3.8, 4) is 5.75 Å². The molecule has 0 bridgehead atoms. The van der Waals surface area contributed by atoms with E-state index in [-0.39, 0.29) is 35.4 Å². The number of hydrogen-bond acceptors (Lipinski definition) is 4. The average Bonchev–Trinajstić information content (AvgIpc) is 3.04. The molecule has 1 aromatic carbocycles. The number of benzene rings is 1. The van der Waals surface area contributed by atoms with Crippen LogP contribution in [0.1, 0.15) is 49.5 Å². The molecule has 1 aliphatic heterocycles. The normalized spacial score (nSPS) is 17.0. The van der Waals surface area contributed by atoms with Crippen LogP contribution in [0, 0.1) is 0 Å². The van der Waals surface area contributed by atoms with Crippen molar-refractivity contribution >= 4 is 41.3 Å². The number of hydrogen-bond donors (Lipinski definition) is 2. The maximum absolute atomic E-state index is 6.08. The van der Waals surface area contributed by atoms with E-state index in [0.29, 0.717) is 19.1 Å². The number of rotatable bonds is 4. The highest BCUT2D eigenvalue weighted by molar-refractivity contribution is 14.0. The van der Waals surface area contributed by atoms with Gasteiger partial charge in [0.05, 0.1) is 23.4 Å². The Hall–Kier alpha value is -1.35. The molecule has 2 heterocycles. The third-order valence-electron chi connectivity index (χ3n) is 4.12. The van der Waals surface area contributed by atoms with E-state index < -0.39 is 0 Å². The van der Waals surface area contributed by atoms with E-state index in [9.17, 15) is 0 Å². The van der Waals surface area contributed by atoms with Crippen LogP contribution in [0.25, 0.3) is 0 Å². The van der Waals surface area contributed by atoms with Gasteiger partial charge in [0.2, 0.25) is 0 Å². The second kappa shape index (κ2) is 9.03. The van der Waals surface area contributed by atoms with Crippen LogP contribution in [0.15, 0.2) is 34.6 Å². The van der Waals surface area contributed by atoms with Gasteiger partial charge in [-0.25, -0.2) is 4.98 Å². The van der Waals surface area contributed by atoms with E-state index in [1.54, 1.807) is 11.3 Å². The van der Waals surface area contributed by atoms with Crippen molar-refractivity contribution in [3.63, 3.8) is 0 Å². The number of nitrogens with zero attached hydrogens (tertiary/aromatic N) is 2. The molecule has 0 spiro atoms. The van der Waals surface area contributed by atoms with Crippen molar-refractivity contribution in [2.45, 2.75) is 45.1 Å². The highest BCUT2D eigenvalue weighted by Gasteiger charge is 2.21. The molecule has 3 rings (SSSR count). The van der Waals surface area contributed by atoms with Gasteiger partial charge in [0.15, 0.2) is 5.96 Å². The Kier molecular flexibility index (Phi) is 7.28. The predicted octanol–water partition coefficient (Wildman–Crippen LogP) is 4.03. The van der Waals surface area contributed by atoms with Crippen LogP contribution in [0.4, 0.5) is 0 Å². The monoisotopic (exact) mass is 486 g/mol. The van der Waals surface area contributed by atoms with Gasteiger partial charge in [0.25, 0.3) is 0 Å². The van der Waals surface area contributed by atoms with Crippen LogP contribution in [-0.4, -0.2) is 24.1 Å². The fourth-order valence-electron chi connectivity index (χ4n) is 2.77.